The van der Waals surface area contributed by atoms with Gasteiger partial charge in [0.05, 0.1) is 11.4 Å². The number of rotatable bonds is 1. The average molecular weight is 348 g/mol. The molecule has 2 nitrogen and oxygen atoms in total. The molecule has 3 aromatic rings. The SMILES string of the molecule is CC.CC.Cc1ccc2c(c1)Oc1cc(C)ccc1N2c1ccccc1. The molecule has 0 aliphatic carbocycles. The summed E-state index contributed by atoms with van der Waals surface area (Å²) in [4.78, 5) is 2.26. The van der Waals surface area contributed by atoms with Crippen molar-refractivity contribution < 1.29 is 4.74 Å². The minimum Gasteiger partial charge on any atom is -0.453 e. The number of benzene rings is 3. The van der Waals surface area contributed by atoms with Crippen molar-refractivity contribution in [1.82, 2.24) is 0 Å². The first-order valence-electron chi connectivity index (χ1n) is 9.47. The Balaban J connectivity index is 0.000000570. The maximum atomic E-state index is 6.15. The molecule has 0 saturated carbocycles. The van der Waals surface area contributed by atoms with Crippen molar-refractivity contribution in [1.29, 1.82) is 0 Å². The molecule has 0 amide bonds. The molecule has 136 valence electrons. The fourth-order valence-electron chi connectivity index (χ4n) is 2.88. The summed E-state index contributed by atoms with van der Waals surface area (Å²) in [5.41, 5.74) is 5.69. The van der Waals surface area contributed by atoms with Crippen molar-refractivity contribution in [2.45, 2.75) is 41.5 Å². The molecule has 0 bridgehead atoms. The van der Waals surface area contributed by atoms with Crippen molar-refractivity contribution in [2.75, 3.05) is 4.90 Å². The third-order valence-corrected chi connectivity index (χ3v) is 3.95. The van der Waals surface area contributed by atoms with Gasteiger partial charge >= 0.3 is 0 Å². The molecule has 0 radical (unpaired) electrons. The normalized spacial score (nSPS) is 10.9. The van der Waals surface area contributed by atoms with Gasteiger partial charge in [0, 0.05) is 5.69 Å². The Kier molecular flexibility index (Phi) is 6.85. The highest BCUT2D eigenvalue weighted by atomic mass is 16.5. The average Bonchev–Trinajstić information content (AvgIpc) is 2.69. The van der Waals surface area contributed by atoms with E-state index in [1.165, 1.54) is 11.1 Å². The second-order valence-corrected chi connectivity index (χ2v) is 5.72. The smallest absolute Gasteiger partial charge is 0.151 e. The third-order valence-electron chi connectivity index (χ3n) is 3.95. The molecule has 0 aromatic heterocycles. The maximum absolute atomic E-state index is 6.15. The zero-order valence-electron chi connectivity index (χ0n) is 16.7. The molecular formula is C24H29NO. The fraction of sp³-hybridized carbons (Fsp3) is 0.250. The van der Waals surface area contributed by atoms with Crippen LogP contribution in [0.4, 0.5) is 17.1 Å². The minimum atomic E-state index is 0.905. The first kappa shape index (κ1) is 19.6. The van der Waals surface area contributed by atoms with Gasteiger partial charge in [-0.2, -0.15) is 0 Å². The molecule has 3 aromatic carbocycles. The van der Waals surface area contributed by atoms with Crippen LogP contribution >= 0.6 is 0 Å². The summed E-state index contributed by atoms with van der Waals surface area (Å²) < 4.78 is 6.15. The van der Waals surface area contributed by atoms with Crippen LogP contribution < -0.4 is 9.64 Å². The number of hydrogen-bond donors (Lipinski definition) is 0. The molecule has 1 aliphatic heterocycles. The van der Waals surface area contributed by atoms with Crippen molar-refractivity contribution in [3.8, 4) is 11.5 Å². The molecule has 1 aliphatic rings. The van der Waals surface area contributed by atoms with Crippen LogP contribution in [-0.4, -0.2) is 0 Å². The quantitative estimate of drug-likeness (QED) is 0.346. The highest BCUT2D eigenvalue weighted by Crippen LogP contribution is 2.50. The van der Waals surface area contributed by atoms with E-state index in [0.29, 0.717) is 0 Å². The van der Waals surface area contributed by atoms with Crippen LogP contribution in [0.3, 0.4) is 0 Å². The van der Waals surface area contributed by atoms with Crippen LogP contribution in [0.15, 0.2) is 66.7 Å². The van der Waals surface area contributed by atoms with Gasteiger partial charge < -0.3 is 9.64 Å². The topological polar surface area (TPSA) is 12.5 Å². The molecule has 0 spiro atoms. The predicted octanol–water partition coefficient (Wildman–Crippen LogP) is 7.93. The van der Waals surface area contributed by atoms with Gasteiger partial charge in [-0.25, -0.2) is 0 Å². The Labute approximate surface area is 158 Å². The van der Waals surface area contributed by atoms with E-state index in [-0.39, 0.29) is 0 Å². The Morgan fingerprint density at radius 2 is 1.08 bits per heavy atom. The Bertz CT molecular complexity index is 789. The van der Waals surface area contributed by atoms with Gasteiger partial charge in [-0.15, -0.1) is 0 Å². The second-order valence-electron chi connectivity index (χ2n) is 5.72. The molecular weight excluding hydrogens is 318 g/mol. The summed E-state index contributed by atoms with van der Waals surface area (Å²) in [7, 11) is 0. The Morgan fingerprint density at radius 1 is 0.615 bits per heavy atom. The monoisotopic (exact) mass is 347 g/mol. The molecule has 0 saturated heterocycles. The molecule has 1 heterocycles. The molecule has 2 heteroatoms. The molecule has 26 heavy (non-hydrogen) atoms. The minimum absolute atomic E-state index is 0.905. The molecule has 4 rings (SSSR count). The summed E-state index contributed by atoms with van der Waals surface area (Å²) in [5.74, 6) is 1.81. The van der Waals surface area contributed by atoms with Crippen molar-refractivity contribution in [2.24, 2.45) is 0 Å². The van der Waals surface area contributed by atoms with Gasteiger partial charge in [0.15, 0.2) is 11.5 Å². The zero-order valence-corrected chi connectivity index (χ0v) is 16.7. The van der Waals surface area contributed by atoms with E-state index in [2.05, 4.69) is 79.4 Å². The lowest BCUT2D eigenvalue weighted by Crippen LogP contribution is -2.15. The van der Waals surface area contributed by atoms with Crippen LogP contribution in [0.25, 0.3) is 0 Å². The number of aryl methyl sites for hydroxylation is 2. The predicted molar refractivity (Wildman–Crippen MR) is 113 cm³/mol. The highest BCUT2D eigenvalue weighted by Gasteiger charge is 2.25. The van der Waals surface area contributed by atoms with E-state index >= 15 is 0 Å². The lowest BCUT2D eigenvalue weighted by Gasteiger charge is -2.33. The van der Waals surface area contributed by atoms with E-state index in [9.17, 15) is 0 Å². The lowest BCUT2D eigenvalue weighted by atomic mass is 10.1. The van der Waals surface area contributed by atoms with Gasteiger partial charge in [-0.1, -0.05) is 58.0 Å². The van der Waals surface area contributed by atoms with E-state index < -0.39 is 0 Å². The number of para-hydroxylation sites is 1. The zero-order chi connectivity index (χ0) is 19.1. The highest BCUT2D eigenvalue weighted by molar-refractivity contribution is 5.86. The van der Waals surface area contributed by atoms with Gasteiger partial charge in [-0.05, 0) is 61.4 Å². The summed E-state index contributed by atoms with van der Waals surface area (Å²) >= 11 is 0. The van der Waals surface area contributed by atoms with Crippen molar-refractivity contribution >= 4 is 17.1 Å². The molecule has 0 fully saturated rings. The van der Waals surface area contributed by atoms with Crippen LogP contribution in [-0.2, 0) is 0 Å². The van der Waals surface area contributed by atoms with Crippen LogP contribution in [0.1, 0.15) is 38.8 Å². The largest absolute Gasteiger partial charge is 0.453 e. The molecule has 0 N–H and O–H groups in total. The van der Waals surface area contributed by atoms with Gasteiger partial charge in [-0.3, -0.25) is 0 Å². The fourth-order valence-corrected chi connectivity index (χ4v) is 2.88. The van der Waals surface area contributed by atoms with Crippen molar-refractivity contribution in [3.63, 3.8) is 0 Å². The number of fused-ring (bicyclic) bond motifs is 2. The van der Waals surface area contributed by atoms with E-state index in [1.54, 1.807) is 0 Å². The van der Waals surface area contributed by atoms with E-state index in [4.69, 9.17) is 4.74 Å². The number of hydrogen-bond acceptors (Lipinski definition) is 2. The summed E-state index contributed by atoms with van der Waals surface area (Å²) in [6.07, 6.45) is 0. The number of anilines is 3. The number of nitrogens with zero attached hydrogens (tertiary/aromatic N) is 1. The van der Waals surface area contributed by atoms with E-state index in [0.717, 1.165) is 28.6 Å². The standard InChI is InChI=1S/C20H17NO.2C2H6/c1-14-8-10-17-19(12-14)22-20-13-15(2)9-11-18(20)21(17)16-6-4-3-5-7-16;2*1-2/h3-13H,1-2H3;2*1-2H3. The van der Waals surface area contributed by atoms with E-state index in [1.807, 2.05) is 33.8 Å². The molecule has 0 unspecified atom stereocenters. The van der Waals surface area contributed by atoms with Gasteiger partial charge in [0.1, 0.15) is 0 Å². The number of ether oxygens (including phenoxy) is 1. The summed E-state index contributed by atoms with van der Waals surface area (Å²) in [6, 6.07) is 23.1. The Hall–Kier alpha value is -2.74. The summed E-state index contributed by atoms with van der Waals surface area (Å²) in [5, 5.41) is 0. The van der Waals surface area contributed by atoms with Gasteiger partial charge in [0.2, 0.25) is 0 Å². The third kappa shape index (κ3) is 3.91. The second kappa shape index (κ2) is 9.10. The van der Waals surface area contributed by atoms with Crippen LogP contribution in [0.5, 0.6) is 11.5 Å². The van der Waals surface area contributed by atoms with Crippen LogP contribution in [0, 0.1) is 13.8 Å². The summed E-state index contributed by atoms with van der Waals surface area (Å²) in [6.45, 7) is 12.2. The van der Waals surface area contributed by atoms with Crippen molar-refractivity contribution in [3.05, 3.63) is 77.9 Å². The maximum Gasteiger partial charge on any atom is 0.151 e. The Morgan fingerprint density at radius 3 is 1.54 bits per heavy atom. The molecule has 0 atom stereocenters. The first-order chi connectivity index (χ1) is 12.7. The van der Waals surface area contributed by atoms with Crippen LogP contribution in [0.2, 0.25) is 0 Å². The van der Waals surface area contributed by atoms with Gasteiger partial charge in [0.25, 0.3) is 0 Å². The lowest BCUT2D eigenvalue weighted by molar-refractivity contribution is 0.476. The first-order valence-corrected chi connectivity index (χ1v) is 9.47.